The fourth-order valence-electron chi connectivity index (χ4n) is 4.88. The molecule has 2 aromatic carbocycles. The number of fused-ring (bicyclic) bond motifs is 3. The summed E-state index contributed by atoms with van der Waals surface area (Å²) in [5, 5.41) is 5.45. The van der Waals surface area contributed by atoms with Crippen molar-refractivity contribution in [2.75, 3.05) is 23.3 Å². The Morgan fingerprint density at radius 3 is 2.39 bits per heavy atom. The van der Waals surface area contributed by atoms with Gasteiger partial charge in [-0.3, -0.25) is 24.1 Å². The molecular weight excluding hydrogens is 420 g/mol. The van der Waals surface area contributed by atoms with Crippen molar-refractivity contribution in [2.45, 2.75) is 46.2 Å². The molecule has 2 aliphatic rings. The SMILES string of the molecule is Cc1cc(C)c(NC(=O)CNC(=O)CN2C(=O)c3ccccc3N3C(=O)CCC23C)c(C)c1. The van der Waals surface area contributed by atoms with Crippen LogP contribution in [0.5, 0.6) is 0 Å². The molecule has 1 saturated heterocycles. The van der Waals surface area contributed by atoms with Crippen LogP contribution in [0.4, 0.5) is 11.4 Å². The van der Waals surface area contributed by atoms with E-state index in [0.717, 1.165) is 22.4 Å². The molecule has 0 bridgehead atoms. The number of rotatable bonds is 5. The Labute approximate surface area is 192 Å². The van der Waals surface area contributed by atoms with Crippen LogP contribution in [0.25, 0.3) is 0 Å². The van der Waals surface area contributed by atoms with E-state index in [0.29, 0.717) is 24.1 Å². The topological polar surface area (TPSA) is 98.8 Å². The predicted molar refractivity (Wildman–Crippen MR) is 125 cm³/mol. The molecular formula is C25H28N4O4. The van der Waals surface area contributed by atoms with Crippen molar-refractivity contribution in [3.63, 3.8) is 0 Å². The van der Waals surface area contributed by atoms with E-state index in [4.69, 9.17) is 0 Å². The Kier molecular flexibility index (Phi) is 5.69. The lowest BCUT2D eigenvalue weighted by atomic mass is 9.98. The van der Waals surface area contributed by atoms with E-state index >= 15 is 0 Å². The van der Waals surface area contributed by atoms with Gasteiger partial charge in [0.25, 0.3) is 5.91 Å². The summed E-state index contributed by atoms with van der Waals surface area (Å²) in [6.45, 7) is 7.17. The van der Waals surface area contributed by atoms with Crippen LogP contribution < -0.4 is 15.5 Å². The molecule has 0 aromatic heterocycles. The summed E-state index contributed by atoms with van der Waals surface area (Å²) in [6.07, 6.45) is 0.736. The number of hydrogen-bond acceptors (Lipinski definition) is 4. The second kappa shape index (κ2) is 8.35. The molecule has 1 fully saturated rings. The molecule has 2 N–H and O–H groups in total. The molecule has 0 aliphatic carbocycles. The van der Waals surface area contributed by atoms with E-state index in [1.807, 2.05) is 32.9 Å². The Balaban J connectivity index is 1.45. The highest BCUT2D eigenvalue weighted by atomic mass is 16.2. The maximum Gasteiger partial charge on any atom is 0.258 e. The average molecular weight is 449 g/mol. The largest absolute Gasteiger partial charge is 0.345 e. The van der Waals surface area contributed by atoms with E-state index in [-0.39, 0.29) is 30.8 Å². The Bertz CT molecular complexity index is 1150. The Hall–Kier alpha value is -3.68. The smallest absolute Gasteiger partial charge is 0.258 e. The number of nitrogens with one attached hydrogen (secondary N) is 2. The minimum absolute atomic E-state index is 0.0777. The summed E-state index contributed by atoms with van der Waals surface area (Å²) in [6, 6.07) is 10.9. The summed E-state index contributed by atoms with van der Waals surface area (Å²) in [5.41, 5.74) is 3.78. The fourth-order valence-corrected chi connectivity index (χ4v) is 4.88. The third-order valence-corrected chi connectivity index (χ3v) is 6.43. The number of hydrogen-bond donors (Lipinski definition) is 2. The number of aryl methyl sites for hydroxylation is 3. The zero-order chi connectivity index (χ0) is 23.9. The van der Waals surface area contributed by atoms with Crippen LogP contribution in [0, 0.1) is 20.8 Å². The lowest BCUT2D eigenvalue weighted by Crippen LogP contribution is -2.64. The van der Waals surface area contributed by atoms with Gasteiger partial charge in [0.1, 0.15) is 12.2 Å². The van der Waals surface area contributed by atoms with Crippen molar-refractivity contribution >= 4 is 35.0 Å². The number of anilines is 2. The van der Waals surface area contributed by atoms with Crippen LogP contribution in [-0.2, 0) is 14.4 Å². The van der Waals surface area contributed by atoms with Gasteiger partial charge in [-0.1, -0.05) is 29.8 Å². The monoisotopic (exact) mass is 448 g/mol. The number of carbonyl (C=O) groups is 4. The van der Waals surface area contributed by atoms with Crippen LogP contribution in [-0.4, -0.2) is 47.3 Å². The van der Waals surface area contributed by atoms with Gasteiger partial charge in [0.05, 0.1) is 17.8 Å². The van der Waals surface area contributed by atoms with Crippen LogP contribution >= 0.6 is 0 Å². The standard InChI is InChI=1S/C25H28N4O4/c1-15-11-16(2)23(17(3)12-15)27-20(30)13-26-21(31)14-28-24(33)18-7-5-6-8-19(18)29-22(32)9-10-25(28,29)4/h5-8,11-12H,9-10,13-14H2,1-4H3,(H,26,31)(H,27,30). The molecule has 33 heavy (non-hydrogen) atoms. The molecule has 1 unspecified atom stereocenters. The van der Waals surface area contributed by atoms with Crippen LogP contribution in [0.1, 0.15) is 46.8 Å². The summed E-state index contributed by atoms with van der Waals surface area (Å²) >= 11 is 0. The molecule has 2 heterocycles. The first kappa shape index (κ1) is 22.5. The van der Waals surface area contributed by atoms with E-state index in [2.05, 4.69) is 10.6 Å². The Morgan fingerprint density at radius 1 is 1.03 bits per heavy atom. The highest BCUT2D eigenvalue weighted by Crippen LogP contribution is 2.43. The molecule has 0 saturated carbocycles. The van der Waals surface area contributed by atoms with E-state index in [9.17, 15) is 19.2 Å². The molecule has 2 aromatic rings. The average Bonchev–Trinajstić information content (AvgIpc) is 3.07. The van der Waals surface area contributed by atoms with Gasteiger partial charge in [-0.2, -0.15) is 0 Å². The van der Waals surface area contributed by atoms with Crippen molar-refractivity contribution in [1.82, 2.24) is 10.2 Å². The summed E-state index contributed by atoms with van der Waals surface area (Å²) < 4.78 is 0. The summed E-state index contributed by atoms with van der Waals surface area (Å²) in [4.78, 5) is 54.1. The maximum atomic E-state index is 13.2. The van der Waals surface area contributed by atoms with Gasteiger partial charge in [-0.25, -0.2) is 0 Å². The molecule has 8 heteroatoms. The molecule has 2 aliphatic heterocycles. The zero-order valence-electron chi connectivity index (χ0n) is 19.3. The predicted octanol–water partition coefficient (Wildman–Crippen LogP) is 2.67. The van der Waals surface area contributed by atoms with Gasteiger partial charge >= 0.3 is 0 Å². The molecule has 172 valence electrons. The van der Waals surface area contributed by atoms with Crippen LogP contribution in [0.15, 0.2) is 36.4 Å². The van der Waals surface area contributed by atoms with Gasteiger partial charge < -0.3 is 15.5 Å². The first-order valence-corrected chi connectivity index (χ1v) is 11.0. The molecule has 1 atom stereocenters. The zero-order valence-corrected chi connectivity index (χ0v) is 19.3. The quantitative estimate of drug-likeness (QED) is 0.735. The first-order valence-electron chi connectivity index (χ1n) is 11.0. The molecule has 4 rings (SSSR count). The van der Waals surface area contributed by atoms with Crippen molar-refractivity contribution in [3.8, 4) is 0 Å². The summed E-state index contributed by atoms with van der Waals surface area (Å²) in [7, 11) is 0. The Morgan fingerprint density at radius 2 is 1.70 bits per heavy atom. The third kappa shape index (κ3) is 3.97. The van der Waals surface area contributed by atoms with E-state index < -0.39 is 11.6 Å². The van der Waals surface area contributed by atoms with Crippen LogP contribution in [0.3, 0.4) is 0 Å². The third-order valence-electron chi connectivity index (χ3n) is 6.43. The van der Waals surface area contributed by atoms with Crippen molar-refractivity contribution in [2.24, 2.45) is 0 Å². The van der Waals surface area contributed by atoms with Crippen molar-refractivity contribution in [1.29, 1.82) is 0 Å². The second-order valence-electron chi connectivity index (χ2n) is 8.95. The maximum absolute atomic E-state index is 13.2. The highest BCUT2D eigenvalue weighted by Gasteiger charge is 2.53. The molecule has 0 radical (unpaired) electrons. The lowest BCUT2D eigenvalue weighted by Gasteiger charge is -2.48. The first-order chi connectivity index (χ1) is 15.6. The number of nitrogens with zero attached hydrogens (tertiary/aromatic N) is 2. The normalized spacial score (nSPS) is 19.3. The van der Waals surface area contributed by atoms with E-state index in [1.54, 1.807) is 36.1 Å². The number of benzene rings is 2. The second-order valence-corrected chi connectivity index (χ2v) is 8.95. The minimum atomic E-state index is -0.918. The van der Waals surface area contributed by atoms with Gasteiger partial charge in [0, 0.05) is 12.1 Å². The van der Waals surface area contributed by atoms with Gasteiger partial charge in [0.2, 0.25) is 17.7 Å². The summed E-state index contributed by atoms with van der Waals surface area (Å²) in [5.74, 6) is -1.19. The fraction of sp³-hybridized carbons (Fsp3) is 0.360. The van der Waals surface area contributed by atoms with Crippen LogP contribution in [0.2, 0.25) is 0 Å². The number of amides is 4. The molecule has 0 spiro atoms. The molecule has 8 nitrogen and oxygen atoms in total. The van der Waals surface area contributed by atoms with Gasteiger partial charge in [-0.15, -0.1) is 0 Å². The van der Waals surface area contributed by atoms with Gasteiger partial charge in [-0.05, 0) is 57.4 Å². The molecule has 4 amide bonds. The van der Waals surface area contributed by atoms with Crippen molar-refractivity contribution < 1.29 is 19.2 Å². The number of carbonyl (C=O) groups excluding carboxylic acids is 4. The highest BCUT2D eigenvalue weighted by molar-refractivity contribution is 6.11. The van der Waals surface area contributed by atoms with E-state index in [1.165, 1.54) is 4.90 Å². The number of para-hydroxylation sites is 1. The minimum Gasteiger partial charge on any atom is -0.345 e. The lowest BCUT2D eigenvalue weighted by molar-refractivity contribution is -0.126. The van der Waals surface area contributed by atoms with Crippen molar-refractivity contribution in [3.05, 3.63) is 58.7 Å². The van der Waals surface area contributed by atoms with Gasteiger partial charge in [0.15, 0.2) is 0 Å².